The molecular weight excluding hydrogens is 879 g/mol. The SMILES string of the molecule is [2H]C(C)(C)c1cc(-c2[c-]cccc2)nc[c]1[Ge]([CH3])([CH3])[CH3].[2H]C([2H])(c1ccnc(-c2[c-]cc3sc4nc(-c5ccccc5)ccc4c3c2)c1)C1CCCC1.[Ir]. The molecule has 0 atom stereocenters. The van der Waals surface area contributed by atoms with E-state index in [-0.39, 0.29) is 26.0 Å². The summed E-state index contributed by atoms with van der Waals surface area (Å²) in [5.41, 5.74) is 7.48. The van der Waals surface area contributed by atoms with E-state index in [1.54, 1.807) is 17.5 Å². The van der Waals surface area contributed by atoms with Gasteiger partial charge < -0.3 is 4.98 Å². The molecule has 6 heteroatoms. The van der Waals surface area contributed by atoms with Gasteiger partial charge in [-0.15, -0.1) is 23.8 Å². The summed E-state index contributed by atoms with van der Waals surface area (Å²) in [6, 6.07) is 38.9. The van der Waals surface area contributed by atoms with Crippen molar-refractivity contribution in [1.29, 1.82) is 0 Å². The summed E-state index contributed by atoms with van der Waals surface area (Å²) in [4.78, 5) is 15.1. The summed E-state index contributed by atoms with van der Waals surface area (Å²) in [7, 11) is 0. The second-order valence-electron chi connectivity index (χ2n) is 14.3. The minimum atomic E-state index is -2.03. The fourth-order valence-electron chi connectivity index (χ4n) is 6.66. The molecule has 0 saturated heterocycles. The Hall–Kier alpha value is -3.48. The Bertz CT molecular complexity index is 2360. The second kappa shape index (κ2) is 16.5. The van der Waals surface area contributed by atoms with E-state index < -0.39 is 25.5 Å². The van der Waals surface area contributed by atoms with Gasteiger partial charge in [-0.1, -0.05) is 79.1 Å². The van der Waals surface area contributed by atoms with Crippen molar-refractivity contribution in [3.05, 3.63) is 133 Å². The van der Waals surface area contributed by atoms with E-state index in [2.05, 4.69) is 75.8 Å². The Morgan fingerprint density at radius 2 is 1.61 bits per heavy atom. The Morgan fingerprint density at radius 1 is 0.843 bits per heavy atom. The fourth-order valence-corrected chi connectivity index (χ4v) is 11.0. The topological polar surface area (TPSA) is 38.7 Å². The molecule has 51 heavy (non-hydrogen) atoms. The van der Waals surface area contributed by atoms with E-state index in [1.165, 1.54) is 4.40 Å². The molecule has 0 N–H and O–H groups in total. The molecule has 3 nitrogen and oxygen atoms in total. The standard InChI is InChI=1S/C28H23N2S.C17H22GeN.Ir/c1-2-8-21(9-3-1)25-12-11-23-24-18-22(10-13-27(24)31-28(23)30-25)26-17-20(14-15-29-26)16-19-6-4-5-7-19;1-13(2)15-11-17(14-9-7-6-8-10-14)19-12-16(15)18(3,4)5;/h1-3,8-9,11-15,17-19H,4-7,16H2;6-9,11-13H,1-5H3;/q2*-1;/i16D2;13D;. The Balaban J connectivity index is 0.000000205. The number of rotatable bonds is 7. The zero-order valence-corrected chi connectivity index (χ0v) is 35.2. The van der Waals surface area contributed by atoms with E-state index in [4.69, 9.17) is 9.10 Å². The normalized spacial score (nSPS) is 14.6. The van der Waals surface area contributed by atoms with Crippen molar-refractivity contribution in [2.45, 2.75) is 69.1 Å². The summed E-state index contributed by atoms with van der Waals surface area (Å²) in [5.74, 6) is 6.53. The summed E-state index contributed by atoms with van der Waals surface area (Å²) < 4.78 is 28.4. The smallest absolute Gasteiger partial charge is 0.114 e. The Kier molecular flexibility index (Phi) is 10.8. The summed E-state index contributed by atoms with van der Waals surface area (Å²) >= 11 is -0.350. The van der Waals surface area contributed by atoms with Crippen molar-refractivity contribution in [3.8, 4) is 33.8 Å². The first-order valence-corrected chi connectivity index (χ1v) is 25.7. The molecular formula is C45H45GeIrN3S-2. The second-order valence-corrected chi connectivity index (χ2v) is 25.9. The molecule has 261 valence electrons. The molecule has 1 aliphatic rings. The third kappa shape index (κ3) is 8.77. The molecule has 0 amide bonds. The molecule has 1 fully saturated rings. The van der Waals surface area contributed by atoms with Gasteiger partial charge in [-0.25, -0.2) is 4.98 Å². The quantitative estimate of drug-likeness (QED) is 0.118. The van der Waals surface area contributed by atoms with Crippen LogP contribution >= 0.6 is 11.3 Å². The number of fused-ring (bicyclic) bond motifs is 3. The zero-order valence-electron chi connectivity index (χ0n) is 32.9. The average molecular weight is 928 g/mol. The molecule has 1 aliphatic carbocycles. The van der Waals surface area contributed by atoms with Crippen LogP contribution in [0.4, 0.5) is 0 Å². The predicted molar refractivity (Wildman–Crippen MR) is 216 cm³/mol. The molecule has 0 aliphatic heterocycles. The van der Waals surface area contributed by atoms with Gasteiger partial charge in [0.2, 0.25) is 0 Å². The van der Waals surface area contributed by atoms with E-state index in [0.29, 0.717) is 0 Å². The van der Waals surface area contributed by atoms with Crippen molar-refractivity contribution >= 4 is 49.3 Å². The average Bonchev–Trinajstić information content (AvgIpc) is 3.84. The van der Waals surface area contributed by atoms with Crippen LogP contribution in [-0.4, -0.2) is 28.2 Å². The van der Waals surface area contributed by atoms with Crippen LogP contribution in [0.15, 0.2) is 109 Å². The van der Waals surface area contributed by atoms with Crippen LogP contribution in [0.1, 0.15) is 60.7 Å². The van der Waals surface area contributed by atoms with Gasteiger partial charge in [0.25, 0.3) is 0 Å². The van der Waals surface area contributed by atoms with Crippen molar-refractivity contribution < 1.29 is 24.2 Å². The molecule has 0 bridgehead atoms. The first kappa shape index (κ1) is 33.4. The van der Waals surface area contributed by atoms with Gasteiger partial charge in [0.1, 0.15) is 4.83 Å². The van der Waals surface area contributed by atoms with Gasteiger partial charge in [-0.2, -0.15) is 11.3 Å². The van der Waals surface area contributed by atoms with Crippen molar-refractivity contribution in [2.75, 3.05) is 0 Å². The number of thiophene rings is 1. The van der Waals surface area contributed by atoms with Crippen LogP contribution in [0.2, 0.25) is 17.3 Å². The van der Waals surface area contributed by atoms with Crippen LogP contribution in [-0.2, 0) is 26.5 Å². The molecule has 1 saturated carbocycles. The molecule has 3 aromatic carbocycles. The molecule has 4 aromatic heterocycles. The number of pyridine rings is 3. The minimum absolute atomic E-state index is 0. The van der Waals surface area contributed by atoms with Gasteiger partial charge in [0, 0.05) is 34.6 Å². The van der Waals surface area contributed by atoms with Crippen LogP contribution < -0.4 is 4.40 Å². The van der Waals surface area contributed by atoms with Crippen LogP contribution in [0, 0.1) is 18.1 Å². The maximum Gasteiger partial charge on any atom is 0.114 e. The fraction of sp³-hybridized carbons (Fsp3) is 0.267. The molecule has 0 unspecified atom stereocenters. The number of benzene rings is 3. The number of hydrogen-bond acceptors (Lipinski definition) is 4. The maximum absolute atomic E-state index is 8.75. The van der Waals surface area contributed by atoms with Crippen LogP contribution in [0.5, 0.6) is 0 Å². The molecule has 4 heterocycles. The summed E-state index contributed by atoms with van der Waals surface area (Å²) in [6.45, 7) is 3.91. The minimum Gasteiger partial charge on any atom is -0.305 e. The van der Waals surface area contributed by atoms with Gasteiger partial charge >= 0.3 is 120 Å². The third-order valence-electron chi connectivity index (χ3n) is 9.34. The Labute approximate surface area is 327 Å². The van der Waals surface area contributed by atoms with E-state index in [9.17, 15) is 0 Å². The van der Waals surface area contributed by atoms with E-state index in [1.807, 2.05) is 80.7 Å². The van der Waals surface area contributed by atoms with Crippen LogP contribution in [0.25, 0.3) is 54.1 Å². The number of hydrogen-bond donors (Lipinski definition) is 0. The first-order valence-electron chi connectivity index (χ1n) is 19.0. The van der Waals surface area contributed by atoms with Crippen LogP contribution in [0.3, 0.4) is 0 Å². The number of nitrogens with zero attached hydrogens (tertiary/aromatic N) is 3. The van der Waals surface area contributed by atoms with E-state index >= 15 is 0 Å². The van der Waals surface area contributed by atoms with Crippen molar-refractivity contribution in [1.82, 2.24) is 15.0 Å². The van der Waals surface area contributed by atoms with E-state index in [0.717, 1.165) is 90.9 Å². The van der Waals surface area contributed by atoms with Gasteiger partial charge in [-0.05, 0) is 40.2 Å². The molecule has 0 spiro atoms. The first-order chi connectivity index (χ1) is 25.3. The monoisotopic (exact) mass is 929 g/mol. The third-order valence-corrected chi connectivity index (χ3v) is 14.6. The summed E-state index contributed by atoms with van der Waals surface area (Å²) in [6.07, 6.45) is 6.57. The molecule has 1 radical (unpaired) electrons. The largest absolute Gasteiger partial charge is 0.305 e. The Morgan fingerprint density at radius 3 is 2.33 bits per heavy atom. The molecule has 7 aromatic rings. The maximum atomic E-state index is 8.75. The van der Waals surface area contributed by atoms with Gasteiger partial charge in [0.15, 0.2) is 0 Å². The van der Waals surface area contributed by atoms with Crippen molar-refractivity contribution in [2.24, 2.45) is 5.92 Å². The number of aromatic nitrogens is 3. The van der Waals surface area contributed by atoms with Gasteiger partial charge in [-0.3, -0.25) is 0 Å². The zero-order chi connectivity index (χ0) is 37.4. The summed E-state index contributed by atoms with van der Waals surface area (Å²) in [5, 5.41) is 2.27. The predicted octanol–water partition coefficient (Wildman–Crippen LogP) is 11.9. The van der Waals surface area contributed by atoms with Gasteiger partial charge in [0.05, 0.1) is 5.69 Å². The molecule has 8 rings (SSSR count). The van der Waals surface area contributed by atoms with Crippen molar-refractivity contribution in [3.63, 3.8) is 0 Å².